The zero-order valence-electron chi connectivity index (χ0n) is 4.85. The number of hydrogen-bond donors (Lipinski definition) is 0. The average Bonchev–Trinajstić information content (AvgIpc) is 2.12. The van der Waals surface area contributed by atoms with Crippen molar-refractivity contribution in [3.8, 4) is 0 Å². The molecule has 0 atom stereocenters. The zero-order valence-corrected chi connectivity index (χ0v) is 4.85. The molecule has 10 heavy (non-hydrogen) atoms. The van der Waals surface area contributed by atoms with Crippen LogP contribution in [0.1, 0.15) is 6.42 Å². The maximum Gasteiger partial charge on any atom is 0.574 e. The lowest BCUT2D eigenvalue weighted by molar-refractivity contribution is -0.284. The van der Waals surface area contributed by atoms with Gasteiger partial charge in [0, 0.05) is 6.42 Å². The quantitative estimate of drug-likeness (QED) is 0.508. The molecule has 0 bridgehead atoms. The van der Waals surface area contributed by atoms with Crippen LogP contribution in [0.15, 0.2) is 5.10 Å². The normalized spacial score (nSPS) is 18.1. The molecule has 0 aromatic rings. The van der Waals surface area contributed by atoms with E-state index in [2.05, 4.69) is 15.3 Å². The Morgan fingerprint density at radius 3 is 2.50 bits per heavy atom. The fraction of sp³-hybridized carbons (Fsp3) is 0.750. The fourth-order valence-corrected chi connectivity index (χ4v) is 0.530. The summed E-state index contributed by atoms with van der Waals surface area (Å²) >= 11 is 0. The monoisotopic (exact) mass is 153 g/mol. The summed E-state index contributed by atoms with van der Waals surface area (Å²) in [6.07, 6.45) is -4.49. The second-order valence-electron chi connectivity index (χ2n) is 1.66. The molecule has 0 aliphatic carbocycles. The smallest absolute Gasteiger partial charge is 0.390 e. The zero-order chi connectivity index (χ0) is 7.61. The lowest BCUT2D eigenvalue weighted by Gasteiger charge is -2.05. The summed E-state index contributed by atoms with van der Waals surface area (Å²) in [5, 5.41) is 3.12. The fourth-order valence-electron chi connectivity index (χ4n) is 0.530. The van der Waals surface area contributed by atoms with E-state index in [1.54, 1.807) is 0 Å². The van der Waals surface area contributed by atoms with Crippen LogP contribution in [-0.2, 0) is 4.74 Å². The molecule has 1 heterocycles. The van der Waals surface area contributed by atoms with Gasteiger partial charge in [0.05, 0.1) is 6.54 Å². The molecule has 6 heteroatoms. The van der Waals surface area contributed by atoms with Crippen molar-refractivity contribution in [1.29, 1.82) is 0 Å². The summed E-state index contributed by atoms with van der Waals surface area (Å²) < 4.78 is 37.5. The van der Waals surface area contributed by atoms with Crippen LogP contribution in [0.2, 0.25) is 0 Å². The molecule has 0 fully saturated rings. The van der Waals surface area contributed by atoms with Crippen molar-refractivity contribution in [3.63, 3.8) is 0 Å². The Labute approximate surface area is 54.9 Å². The Kier molecular flexibility index (Phi) is 1.69. The van der Waals surface area contributed by atoms with Crippen molar-refractivity contribution in [3.05, 3.63) is 0 Å². The highest BCUT2D eigenvalue weighted by atomic mass is 19.4. The number of hydrogen-bond acceptors (Lipinski definition) is 2. The largest absolute Gasteiger partial charge is 0.574 e. The highest BCUT2D eigenvalue weighted by Gasteiger charge is 2.33. The van der Waals surface area contributed by atoms with Crippen molar-refractivity contribution < 1.29 is 17.9 Å². The van der Waals surface area contributed by atoms with Gasteiger partial charge < -0.3 is 4.74 Å². The van der Waals surface area contributed by atoms with Crippen LogP contribution >= 0.6 is 0 Å². The molecule has 1 radical (unpaired) electrons. The lowest BCUT2D eigenvalue weighted by Crippen LogP contribution is -2.17. The van der Waals surface area contributed by atoms with Crippen molar-refractivity contribution in [2.24, 2.45) is 5.10 Å². The van der Waals surface area contributed by atoms with Crippen molar-refractivity contribution >= 4 is 5.90 Å². The van der Waals surface area contributed by atoms with Gasteiger partial charge >= 0.3 is 6.36 Å². The Morgan fingerprint density at radius 1 is 1.40 bits per heavy atom. The number of alkyl halides is 3. The molecule has 0 amide bonds. The van der Waals surface area contributed by atoms with Crippen LogP contribution < -0.4 is 5.43 Å². The first-order chi connectivity index (χ1) is 4.58. The summed E-state index contributed by atoms with van der Waals surface area (Å²) in [6.45, 7) is 0.283. The maximum atomic E-state index is 11.4. The molecule has 0 unspecified atom stereocenters. The minimum Gasteiger partial charge on any atom is -0.390 e. The van der Waals surface area contributed by atoms with Gasteiger partial charge in [0.2, 0.25) is 5.90 Å². The summed E-state index contributed by atoms with van der Waals surface area (Å²) in [6, 6.07) is 0. The van der Waals surface area contributed by atoms with E-state index in [1.165, 1.54) is 0 Å². The molecule has 0 saturated heterocycles. The molecule has 0 saturated carbocycles. The van der Waals surface area contributed by atoms with E-state index >= 15 is 0 Å². The molecule has 3 nitrogen and oxygen atoms in total. The van der Waals surface area contributed by atoms with E-state index in [9.17, 15) is 13.2 Å². The third kappa shape index (κ3) is 2.12. The van der Waals surface area contributed by atoms with Gasteiger partial charge in [-0.3, -0.25) is 0 Å². The summed E-state index contributed by atoms with van der Waals surface area (Å²) in [4.78, 5) is 0. The molecule has 0 spiro atoms. The Morgan fingerprint density at radius 2 is 2.10 bits per heavy atom. The third-order valence-electron chi connectivity index (χ3n) is 0.841. The number of rotatable bonds is 0. The SMILES string of the molecule is FC(F)(F)OC1=N[N]CC1. The van der Waals surface area contributed by atoms with Gasteiger partial charge in [-0.05, 0) is 0 Å². The first kappa shape index (κ1) is 7.17. The van der Waals surface area contributed by atoms with Crippen LogP contribution in [0.3, 0.4) is 0 Å². The third-order valence-corrected chi connectivity index (χ3v) is 0.841. The molecule has 0 aromatic carbocycles. The molecular weight excluding hydrogens is 149 g/mol. The Bertz CT molecular complexity index is 153. The standard InChI is InChI=1S/C4H4F3N2O/c5-4(6,7)10-3-1-2-8-9-3/h1-2H2. The van der Waals surface area contributed by atoms with Crippen molar-refractivity contribution in [2.75, 3.05) is 6.54 Å². The predicted octanol–water partition coefficient (Wildman–Crippen LogP) is 0.844. The first-order valence-electron chi connectivity index (χ1n) is 2.57. The van der Waals surface area contributed by atoms with E-state index in [0.29, 0.717) is 0 Å². The van der Waals surface area contributed by atoms with Gasteiger partial charge in [-0.15, -0.1) is 18.3 Å². The molecule has 1 aliphatic heterocycles. The van der Waals surface area contributed by atoms with Gasteiger partial charge in [-0.1, -0.05) is 0 Å². The number of nitrogens with zero attached hydrogens (tertiary/aromatic N) is 2. The van der Waals surface area contributed by atoms with Gasteiger partial charge in [0.1, 0.15) is 0 Å². The molecule has 1 rings (SSSR count). The molecule has 57 valence electrons. The average molecular weight is 153 g/mol. The van der Waals surface area contributed by atoms with Crippen LogP contribution in [-0.4, -0.2) is 18.8 Å². The van der Waals surface area contributed by atoms with Crippen LogP contribution in [0.5, 0.6) is 0 Å². The summed E-state index contributed by atoms with van der Waals surface area (Å²) in [5.74, 6) is -0.354. The molecule has 0 aromatic heterocycles. The second-order valence-corrected chi connectivity index (χ2v) is 1.66. The predicted molar refractivity (Wildman–Crippen MR) is 26.2 cm³/mol. The highest BCUT2D eigenvalue weighted by Crippen LogP contribution is 2.18. The second kappa shape index (κ2) is 2.36. The molecule has 1 aliphatic rings. The Hall–Kier alpha value is -0.940. The molecule has 0 N–H and O–H groups in total. The van der Waals surface area contributed by atoms with E-state index in [4.69, 9.17) is 0 Å². The lowest BCUT2D eigenvalue weighted by atomic mass is 10.5. The topological polar surface area (TPSA) is 35.7 Å². The number of ether oxygens (including phenoxy) is 1. The van der Waals surface area contributed by atoms with Gasteiger partial charge in [0.15, 0.2) is 0 Å². The van der Waals surface area contributed by atoms with E-state index < -0.39 is 6.36 Å². The Balaban J connectivity index is 2.38. The van der Waals surface area contributed by atoms with E-state index in [1.807, 2.05) is 0 Å². The van der Waals surface area contributed by atoms with Gasteiger partial charge in [-0.25, -0.2) is 0 Å². The van der Waals surface area contributed by atoms with Gasteiger partial charge in [-0.2, -0.15) is 5.43 Å². The van der Waals surface area contributed by atoms with Crippen LogP contribution in [0.4, 0.5) is 13.2 Å². The van der Waals surface area contributed by atoms with Crippen LogP contribution in [0, 0.1) is 0 Å². The van der Waals surface area contributed by atoms with Crippen molar-refractivity contribution in [2.45, 2.75) is 12.8 Å². The minimum absolute atomic E-state index is 0.138. The number of halogens is 3. The molecular formula is C4H4F3N2O. The minimum atomic E-state index is -4.63. The van der Waals surface area contributed by atoms with Crippen LogP contribution in [0.25, 0.3) is 0 Å². The van der Waals surface area contributed by atoms with E-state index in [0.717, 1.165) is 0 Å². The van der Waals surface area contributed by atoms with Crippen molar-refractivity contribution in [1.82, 2.24) is 5.43 Å². The summed E-state index contributed by atoms with van der Waals surface area (Å²) in [5.41, 5.74) is 3.31. The first-order valence-corrected chi connectivity index (χ1v) is 2.57. The summed E-state index contributed by atoms with van der Waals surface area (Å²) in [7, 11) is 0. The van der Waals surface area contributed by atoms with Gasteiger partial charge in [0.25, 0.3) is 0 Å². The maximum absolute atomic E-state index is 11.4. The van der Waals surface area contributed by atoms with E-state index in [-0.39, 0.29) is 18.9 Å². The highest BCUT2D eigenvalue weighted by molar-refractivity contribution is 5.77.